The van der Waals surface area contributed by atoms with Gasteiger partial charge in [-0.25, -0.2) is 0 Å². The molecule has 0 saturated heterocycles. The molecule has 1 aromatic carbocycles. The Morgan fingerprint density at radius 2 is 1.94 bits per heavy atom. The molecule has 90 valence electrons. The number of methoxy groups -OCH3 is 1. The fourth-order valence-corrected chi connectivity index (χ4v) is 2.05. The van der Waals surface area contributed by atoms with Crippen molar-refractivity contribution in [1.82, 2.24) is 4.90 Å². The standard InChI is InChI=1S/C13H20ClNO/c1-11(12-7-5-4-6-8-12)15(2)13(9-14)10-16-3/h4-8,11,13H,9-10H2,1-3H3/t11-,13+/m1/s1. The summed E-state index contributed by atoms with van der Waals surface area (Å²) in [6, 6.07) is 11.0. The highest BCUT2D eigenvalue weighted by Gasteiger charge is 2.19. The Morgan fingerprint density at radius 1 is 1.31 bits per heavy atom. The molecule has 1 aromatic rings. The zero-order valence-electron chi connectivity index (χ0n) is 10.2. The van der Waals surface area contributed by atoms with Crippen molar-refractivity contribution in [1.29, 1.82) is 0 Å². The number of alkyl halides is 1. The quantitative estimate of drug-likeness (QED) is 0.710. The molecule has 0 aliphatic carbocycles. The number of rotatable bonds is 6. The minimum Gasteiger partial charge on any atom is -0.383 e. The van der Waals surface area contributed by atoms with Crippen molar-refractivity contribution in [2.24, 2.45) is 0 Å². The van der Waals surface area contributed by atoms with Crippen LogP contribution in [0.2, 0.25) is 0 Å². The molecule has 0 radical (unpaired) electrons. The van der Waals surface area contributed by atoms with Crippen LogP contribution in [0.15, 0.2) is 30.3 Å². The van der Waals surface area contributed by atoms with Crippen molar-refractivity contribution in [2.75, 3.05) is 26.6 Å². The zero-order valence-corrected chi connectivity index (χ0v) is 10.9. The van der Waals surface area contributed by atoms with Gasteiger partial charge < -0.3 is 4.74 Å². The van der Waals surface area contributed by atoms with Gasteiger partial charge in [0.1, 0.15) is 0 Å². The van der Waals surface area contributed by atoms with E-state index in [0.717, 1.165) is 0 Å². The highest BCUT2D eigenvalue weighted by Crippen LogP contribution is 2.20. The summed E-state index contributed by atoms with van der Waals surface area (Å²) in [5, 5.41) is 0. The van der Waals surface area contributed by atoms with Gasteiger partial charge in [-0.3, -0.25) is 4.90 Å². The third-order valence-electron chi connectivity index (χ3n) is 3.01. The average Bonchev–Trinajstić information content (AvgIpc) is 2.35. The lowest BCUT2D eigenvalue weighted by Gasteiger charge is -2.31. The molecule has 1 rings (SSSR count). The Morgan fingerprint density at radius 3 is 2.44 bits per heavy atom. The van der Waals surface area contributed by atoms with E-state index in [0.29, 0.717) is 18.5 Å². The monoisotopic (exact) mass is 241 g/mol. The Hall–Kier alpha value is -0.570. The molecule has 2 atom stereocenters. The molecule has 0 amide bonds. The van der Waals surface area contributed by atoms with Crippen LogP contribution in [0.3, 0.4) is 0 Å². The van der Waals surface area contributed by atoms with Gasteiger partial charge in [-0.1, -0.05) is 30.3 Å². The number of hydrogen-bond donors (Lipinski definition) is 0. The second-order valence-corrected chi connectivity index (χ2v) is 4.32. The van der Waals surface area contributed by atoms with Gasteiger partial charge in [-0.2, -0.15) is 0 Å². The molecule has 0 spiro atoms. The number of halogens is 1. The normalized spacial score (nSPS) is 15.1. The largest absolute Gasteiger partial charge is 0.383 e. The van der Waals surface area contributed by atoms with Crippen molar-refractivity contribution in [3.63, 3.8) is 0 Å². The maximum atomic E-state index is 5.95. The summed E-state index contributed by atoms with van der Waals surface area (Å²) in [5.74, 6) is 0.585. The summed E-state index contributed by atoms with van der Waals surface area (Å²) in [7, 11) is 3.80. The van der Waals surface area contributed by atoms with Gasteiger partial charge >= 0.3 is 0 Å². The van der Waals surface area contributed by atoms with E-state index in [1.54, 1.807) is 7.11 Å². The van der Waals surface area contributed by atoms with Crippen LogP contribution in [-0.4, -0.2) is 37.6 Å². The molecule has 0 N–H and O–H groups in total. The van der Waals surface area contributed by atoms with Crippen LogP contribution < -0.4 is 0 Å². The molecule has 0 saturated carbocycles. The first-order chi connectivity index (χ1) is 7.70. The third-order valence-corrected chi connectivity index (χ3v) is 3.36. The van der Waals surface area contributed by atoms with Gasteiger partial charge in [0.15, 0.2) is 0 Å². The van der Waals surface area contributed by atoms with E-state index in [-0.39, 0.29) is 6.04 Å². The topological polar surface area (TPSA) is 12.5 Å². The van der Waals surface area contributed by atoms with Gasteiger partial charge in [0.25, 0.3) is 0 Å². The fraction of sp³-hybridized carbons (Fsp3) is 0.538. The molecule has 16 heavy (non-hydrogen) atoms. The number of benzene rings is 1. The number of likely N-dealkylation sites (N-methyl/N-ethyl adjacent to an activating group) is 1. The maximum absolute atomic E-state index is 5.95. The van der Waals surface area contributed by atoms with E-state index in [1.165, 1.54) is 5.56 Å². The van der Waals surface area contributed by atoms with Crippen LogP contribution in [-0.2, 0) is 4.74 Å². The highest BCUT2D eigenvalue weighted by molar-refractivity contribution is 6.18. The molecular formula is C13H20ClNO. The minimum atomic E-state index is 0.252. The second-order valence-electron chi connectivity index (χ2n) is 4.02. The predicted octanol–water partition coefficient (Wildman–Crippen LogP) is 2.93. The Bertz CT molecular complexity index is 291. The average molecular weight is 242 g/mol. The zero-order chi connectivity index (χ0) is 12.0. The molecule has 0 bridgehead atoms. The SMILES string of the molecule is COC[C@H](CCl)N(C)[C@H](C)c1ccccc1. The van der Waals surface area contributed by atoms with Crippen LogP contribution in [0, 0.1) is 0 Å². The van der Waals surface area contributed by atoms with Crippen molar-refractivity contribution in [2.45, 2.75) is 19.0 Å². The van der Waals surface area contributed by atoms with E-state index in [1.807, 2.05) is 6.07 Å². The molecule has 0 aromatic heterocycles. The van der Waals surface area contributed by atoms with E-state index in [4.69, 9.17) is 16.3 Å². The molecule has 0 unspecified atom stereocenters. The van der Waals surface area contributed by atoms with Crippen LogP contribution in [0.4, 0.5) is 0 Å². The number of ether oxygens (including phenoxy) is 1. The van der Waals surface area contributed by atoms with Crippen LogP contribution in [0.5, 0.6) is 0 Å². The molecule has 0 fully saturated rings. The van der Waals surface area contributed by atoms with Crippen molar-refractivity contribution in [3.8, 4) is 0 Å². The highest BCUT2D eigenvalue weighted by atomic mass is 35.5. The Labute approximate surface area is 103 Å². The van der Waals surface area contributed by atoms with Crippen molar-refractivity contribution >= 4 is 11.6 Å². The summed E-state index contributed by atoms with van der Waals surface area (Å²) in [6.45, 7) is 2.85. The second kappa shape index (κ2) is 6.89. The summed E-state index contributed by atoms with van der Waals surface area (Å²) < 4.78 is 5.18. The van der Waals surface area contributed by atoms with E-state index < -0.39 is 0 Å². The summed E-state index contributed by atoms with van der Waals surface area (Å²) in [6.07, 6.45) is 0. The summed E-state index contributed by atoms with van der Waals surface area (Å²) in [4.78, 5) is 2.26. The minimum absolute atomic E-state index is 0.252. The summed E-state index contributed by atoms with van der Waals surface area (Å²) in [5.41, 5.74) is 1.30. The molecule has 0 aliphatic heterocycles. The van der Waals surface area contributed by atoms with Crippen LogP contribution >= 0.6 is 11.6 Å². The van der Waals surface area contributed by atoms with Crippen LogP contribution in [0.25, 0.3) is 0 Å². The van der Waals surface area contributed by atoms with Gasteiger partial charge in [0, 0.05) is 25.1 Å². The fourth-order valence-electron chi connectivity index (χ4n) is 1.75. The van der Waals surface area contributed by atoms with Crippen molar-refractivity contribution in [3.05, 3.63) is 35.9 Å². The van der Waals surface area contributed by atoms with Gasteiger partial charge in [-0.05, 0) is 19.5 Å². The first-order valence-electron chi connectivity index (χ1n) is 5.52. The molecular weight excluding hydrogens is 222 g/mol. The van der Waals surface area contributed by atoms with Gasteiger partial charge in [0.2, 0.25) is 0 Å². The van der Waals surface area contributed by atoms with Gasteiger partial charge in [0.05, 0.1) is 6.61 Å². The number of nitrogens with zero attached hydrogens (tertiary/aromatic N) is 1. The lowest BCUT2D eigenvalue weighted by molar-refractivity contribution is 0.0956. The number of hydrogen-bond acceptors (Lipinski definition) is 2. The maximum Gasteiger partial charge on any atom is 0.0629 e. The first kappa shape index (κ1) is 13.5. The first-order valence-corrected chi connectivity index (χ1v) is 6.06. The lowest BCUT2D eigenvalue weighted by Crippen LogP contribution is -2.38. The third kappa shape index (κ3) is 3.48. The van der Waals surface area contributed by atoms with Crippen LogP contribution in [0.1, 0.15) is 18.5 Å². The smallest absolute Gasteiger partial charge is 0.0629 e. The van der Waals surface area contributed by atoms with Gasteiger partial charge in [-0.15, -0.1) is 11.6 Å². The Kier molecular flexibility index (Phi) is 5.81. The molecule has 0 heterocycles. The predicted molar refractivity (Wildman–Crippen MR) is 69.0 cm³/mol. The van der Waals surface area contributed by atoms with E-state index in [9.17, 15) is 0 Å². The van der Waals surface area contributed by atoms with Crippen molar-refractivity contribution < 1.29 is 4.74 Å². The molecule has 2 nitrogen and oxygen atoms in total. The molecule has 3 heteroatoms. The van der Waals surface area contributed by atoms with E-state index >= 15 is 0 Å². The summed E-state index contributed by atoms with van der Waals surface area (Å²) >= 11 is 5.95. The molecule has 0 aliphatic rings. The van der Waals surface area contributed by atoms with E-state index in [2.05, 4.69) is 43.1 Å². The Balaban J connectivity index is 2.69. The lowest BCUT2D eigenvalue weighted by atomic mass is 10.1.